The minimum atomic E-state index is -4.36. The number of sulfonamides is 1. The van der Waals surface area contributed by atoms with Crippen LogP contribution in [0.2, 0.25) is 0 Å². The molecule has 12 heteroatoms. The molecule has 0 unspecified atom stereocenters. The molecule has 0 saturated carbocycles. The second kappa shape index (κ2) is 12.9. The monoisotopic (exact) mass is 621 g/mol. The van der Waals surface area contributed by atoms with E-state index in [0.29, 0.717) is 5.75 Å². The summed E-state index contributed by atoms with van der Waals surface area (Å²) in [5.74, 6) is -1.13. The van der Waals surface area contributed by atoms with Gasteiger partial charge < -0.3 is 19.7 Å². The van der Waals surface area contributed by atoms with Crippen LogP contribution in [0.5, 0.6) is 11.5 Å². The summed E-state index contributed by atoms with van der Waals surface area (Å²) in [6.07, 6.45) is 0. The van der Waals surface area contributed by atoms with Crippen molar-refractivity contribution < 1.29 is 31.9 Å². The van der Waals surface area contributed by atoms with Crippen LogP contribution in [0.15, 0.2) is 76.1 Å². The predicted molar refractivity (Wildman–Crippen MR) is 149 cm³/mol. The zero-order valence-corrected chi connectivity index (χ0v) is 24.3. The van der Waals surface area contributed by atoms with Crippen molar-refractivity contribution in [1.29, 1.82) is 0 Å². The Morgan fingerprint density at radius 2 is 1.59 bits per heavy atom. The average Bonchev–Trinajstić information content (AvgIpc) is 2.94. The Bertz CT molecular complexity index is 1420. The molecule has 3 rings (SSSR count). The van der Waals surface area contributed by atoms with E-state index in [4.69, 9.17) is 9.47 Å². The first-order chi connectivity index (χ1) is 18.5. The quantitative estimate of drug-likeness (QED) is 0.347. The van der Waals surface area contributed by atoms with Crippen LogP contribution in [0.25, 0.3) is 0 Å². The van der Waals surface area contributed by atoms with Gasteiger partial charge in [-0.25, -0.2) is 12.8 Å². The molecule has 3 aromatic carbocycles. The molecule has 0 saturated heterocycles. The van der Waals surface area contributed by atoms with Crippen molar-refractivity contribution in [1.82, 2.24) is 10.2 Å². The molecule has 9 nitrogen and oxygen atoms in total. The Morgan fingerprint density at radius 3 is 2.15 bits per heavy atom. The number of carbonyl (C=O) groups excluding carboxylic acids is 2. The Kier molecular flexibility index (Phi) is 9.92. The number of benzene rings is 3. The molecule has 0 aliphatic heterocycles. The van der Waals surface area contributed by atoms with E-state index in [1.807, 2.05) is 0 Å². The Balaban J connectivity index is 2.06. The number of ether oxygens (including phenoxy) is 2. The first-order valence-electron chi connectivity index (χ1n) is 11.8. The van der Waals surface area contributed by atoms with Crippen molar-refractivity contribution >= 4 is 43.5 Å². The minimum absolute atomic E-state index is 0.0500. The van der Waals surface area contributed by atoms with Crippen LogP contribution in [0.3, 0.4) is 0 Å². The van der Waals surface area contributed by atoms with E-state index in [-0.39, 0.29) is 22.9 Å². The number of hydrogen-bond donors (Lipinski definition) is 1. The van der Waals surface area contributed by atoms with Gasteiger partial charge in [-0.3, -0.25) is 13.9 Å². The molecule has 0 radical (unpaired) electrons. The molecular weight excluding hydrogens is 593 g/mol. The Labute approximate surface area is 235 Å². The van der Waals surface area contributed by atoms with Gasteiger partial charge in [0, 0.05) is 24.1 Å². The fourth-order valence-electron chi connectivity index (χ4n) is 3.82. The van der Waals surface area contributed by atoms with Gasteiger partial charge in [0.15, 0.2) is 11.5 Å². The van der Waals surface area contributed by atoms with Gasteiger partial charge in [-0.1, -0.05) is 28.1 Å². The van der Waals surface area contributed by atoms with Crippen LogP contribution in [0.1, 0.15) is 12.5 Å². The number of halogens is 2. The first-order valence-corrected chi connectivity index (χ1v) is 14.0. The molecular formula is C27H29BrFN3O6S. The van der Waals surface area contributed by atoms with Crippen molar-refractivity contribution in [2.24, 2.45) is 0 Å². The molecule has 39 heavy (non-hydrogen) atoms. The van der Waals surface area contributed by atoms with Crippen LogP contribution in [-0.2, 0) is 26.2 Å². The third-order valence-corrected chi connectivity index (χ3v) is 8.31. The van der Waals surface area contributed by atoms with Crippen LogP contribution in [-0.4, -0.2) is 59.0 Å². The Morgan fingerprint density at radius 1 is 0.974 bits per heavy atom. The smallest absolute Gasteiger partial charge is 0.264 e. The van der Waals surface area contributed by atoms with Gasteiger partial charge in [0.05, 0.1) is 24.8 Å². The molecule has 2 amide bonds. The van der Waals surface area contributed by atoms with Gasteiger partial charge in [0.25, 0.3) is 10.0 Å². The van der Waals surface area contributed by atoms with Crippen molar-refractivity contribution in [3.63, 3.8) is 0 Å². The van der Waals surface area contributed by atoms with Crippen LogP contribution < -0.4 is 19.1 Å². The first kappa shape index (κ1) is 29.9. The van der Waals surface area contributed by atoms with E-state index >= 15 is 0 Å². The molecule has 0 bridgehead atoms. The highest BCUT2D eigenvalue weighted by molar-refractivity contribution is 9.10. The summed E-state index contributed by atoms with van der Waals surface area (Å²) >= 11 is 3.37. The SMILES string of the molecule is CNC(=O)[C@H](C)N(Cc1ccc(Br)cc1)C(=O)CN(c1ccc(F)cc1)S(=O)(=O)c1ccc(OC)c(OC)c1. The van der Waals surface area contributed by atoms with Crippen LogP contribution in [0, 0.1) is 5.82 Å². The number of carbonyl (C=O) groups is 2. The van der Waals surface area contributed by atoms with Crippen molar-refractivity contribution in [3.05, 3.63) is 82.6 Å². The topological polar surface area (TPSA) is 105 Å². The van der Waals surface area contributed by atoms with Gasteiger partial charge in [-0.2, -0.15) is 0 Å². The van der Waals surface area contributed by atoms with E-state index in [2.05, 4.69) is 21.2 Å². The maximum Gasteiger partial charge on any atom is 0.264 e. The Hall–Kier alpha value is -3.64. The molecule has 0 fully saturated rings. The molecule has 0 heterocycles. The van der Waals surface area contributed by atoms with E-state index < -0.39 is 40.2 Å². The number of nitrogens with one attached hydrogen (secondary N) is 1. The lowest BCUT2D eigenvalue weighted by Crippen LogP contribution is -2.50. The van der Waals surface area contributed by atoms with Crippen molar-refractivity contribution in [3.8, 4) is 11.5 Å². The second-order valence-electron chi connectivity index (χ2n) is 8.44. The van der Waals surface area contributed by atoms with Gasteiger partial charge in [0.2, 0.25) is 11.8 Å². The number of methoxy groups -OCH3 is 2. The molecule has 1 atom stereocenters. The van der Waals surface area contributed by atoms with Gasteiger partial charge >= 0.3 is 0 Å². The number of nitrogens with zero attached hydrogens (tertiary/aromatic N) is 2. The maximum absolute atomic E-state index is 13.9. The zero-order valence-electron chi connectivity index (χ0n) is 21.9. The van der Waals surface area contributed by atoms with Gasteiger partial charge in [-0.15, -0.1) is 0 Å². The lowest BCUT2D eigenvalue weighted by atomic mass is 10.1. The van der Waals surface area contributed by atoms with E-state index in [1.54, 1.807) is 31.2 Å². The summed E-state index contributed by atoms with van der Waals surface area (Å²) in [6.45, 7) is 0.954. The van der Waals surface area contributed by atoms with E-state index in [1.165, 1.54) is 56.5 Å². The fourth-order valence-corrected chi connectivity index (χ4v) is 5.51. The summed E-state index contributed by atoms with van der Waals surface area (Å²) in [7, 11) is -0.120. The lowest BCUT2D eigenvalue weighted by molar-refractivity contribution is -0.139. The second-order valence-corrected chi connectivity index (χ2v) is 11.2. The summed E-state index contributed by atoms with van der Waals surface area (Å²) in [6, 6.07) is 15.0. The number of rotatable bonds is 11. The van der Waals surface area contributed by atoms with Crippen molar-refractivity contribution in [2.75, 3.05) is 32.1 Å². The average molecular weight is 623 g/mol. The van der Waals surface area contributed by atoms with Crippen LogP contribution in [0.4, 0.5) is 10.1 Å². The highest BCUT2D eigenvalue weighted by Gasteiger charge is 2.33. The largest absolute Gasteiger partial charge is 0.493 e. The number of hydrogen-bond acceptors (Lipinski definition) is 6. The fraction of sp³-hybridized carbons (Fsp3) is 0.259. The molecule has 0 spiro atoms. The van der Waals surface area contributed by atoms with E-state index in [0.717, 1.165) is 26.5 Å². The summed E-state index contributed by atoms with van der Waals surface area (Å²) in [5.41, 5.74) is 0.800. The number of amides is 2. The summed E-state index contributed by atoms with van der Waals surface area (Å²) in [5, 5.41) is 2.53. The normalized spacial score (nSPS) is 11.8. The molecule has 1 N–H and O–H groups in total. The predicted octanol–water partition coefficient (Wildman–Crippen LogP) is 3.96. The maximum atomic E-state index is 13.9. The van der Waals surface area contributed by atoms with Crippen molar-refractivity contribution in [2.45, 2.75) is 24.4 Å². The highest BCUT2D eigenvalue weighted by Crippen LogP contribution is 2.32. The van der Waals surface area contributed by atoms with Gasteiger partial charge in [0.1, 0.15) is 18.4 Å². The third kappa shape index (κ3) is 7.07. The van der Waals surface area contributed by atoms with Gasteiger partial charge in [-0.05, 0) is 61.0 Å². The third-order valence-electron chi connectivity index (χ3n) is 6.02. The number of likely N-dealkylation sites (N-methyl/N-ethyl adjacent to an activating group) is 1. The standard InChI is InChI=1S/C27H29BrFN3O6S/c1-18(27(34)30-2)31(16-19-5-7-20(28)8-6-19)26(33)17-32(22-11-9-21(29)10-12-22)39(35,36)23-13-14-24(37-3)25(15-23)38-4/h5-15,18H,16-17H2,1-4H3,(H,30,34)/t18-/m0/s1. The summed E-state index contributed by atoms with van der Waals surface area (Å²) < 4.78 is 53.7. The van der Waals surface area contributed by atoms with Crippen LogP contribution >= 0.6 is 15.9 Å². The molecule has 3 aromatic rings. The molecule has 0 aliphatic rings. The summed E-state index contributed by atoms with van der Waals surface area (Å²) in [4.78, 5) is 27.4. The molecule has 208 valence electrons. The van der Waals surface area contributed by atoms with E-state index in [9.17, 15) is 22.4 Å². The molecule has 0 aliphatic carbocycles. The number of anilines is 1. The molecule has 0 aromatic heterocycles. The zero-order chi connectivity index (χ0) is 28.7. The lowest BCUT2D eigenvalue weighted by Gasteiger charge is -2.31. The minimum Gasteiger partial charge on any atom is -0.493 e. The highest BCUT2D eigenvalue weighted by atomic mass is 79.9.